The van der Waals surface area contributed by atoms with Crippen LogP contribution < -0.4 is 0 Å². The van der Waals surface area contributed by atoms with Crippen molar-refractivity contribution in [2.24, 2.45) is 0 Å². The van der Waals surface area contributed by atoms with Gasteiger partial charge in [-0.3, -0.25) is 4.79 Å². The van der Waals surface area contributed by atoms with Gasteiger partial charge < -0.3 is 10.2 Å². The molecule has 0 heterocycles. The second kappa shape index (κ2) is 17.3. The number of carboxylic acids is 1. The zero-order valence-electron chi connectivity index (χ0n) is 14.9. The smallest absolute Gasteiger partial charge is 0.303 e. The Morgan fingerprint density at radius 2 is 1.57 bits per heavy atom. The molecule has 0 aromatic carbocycles. The Hall–Kier alpha value is -1.09. The van der Waals surface area contributed by atoms with Gasteiger partial charge in [0.25, 0.3) is 0 Å². The summed E-state index contributed by atoms with van der Waals surface area (Å²) in [6.45, 7) is 2.17. The van der Waals surface area contributed by atoms with Gasteiger partial charge >= 0.3 is 5.97 Å². The molecule has 0 saturated heterocycles. The molecule has 0 saturated carbocycles. The maximum atomic E-state index is 10.4. The second-order valence-electron chi connectivity index (χ2n) is 6.28. The first kappa shape index (κ1) is 21.9. The van der Waals surface area contributed by atoms with Crippen LogP contribution in [-0.2, 0) is 4.79 Å². The van der Waals surface area contributed by atoms with Gasteiger partial charge in [0.2, 0.25) is 0 Å². The molecule has 0 radical (unpaired) electrons. The maximum absolute atomic E-state index is 10.4. The first-order chi connectivity index (χ1) is 11.2. The standard InChI is InChI=1S/C20H36O3/c1-2-3-13-16-19(21)17-14-11-9-7-5-4-6-8-10-12-15-18-20(22)23/h9,11,14,17,19,21H,2-8,10,12-13,15-16,18H2,1H3,(H,22,23)/b11-9-,17-14+/t19-/m0/s1. The van der Waals surface area contributed by atoms with Crippen LogP contribution in [0.5, 0.6) is 0 Å². The minimum atomic E-state index is -0.681. The van der Waals surface area contributed by atoms with E-state index >= 15 is 0 Å². The molecule has 0 spiro atoms. The minimum absolute atomic E-state index is 0.299. The molecule has 0 fully saturated rings. The highest BCUT2D eigenvalue weighted by Gasteiger charge is 1.97. The molecule has 0 aliphatic heterocycles. The molecule has 0 aromatic rings. The van der Waals surface area contributed by atoms with Gasteiger partial charge in [0, 0.05) is 6.42 Å². The van der Waals surface area contributed by atoms with Gasteiger partial charge in [-0.2, -0.15) is 0 Å². The summed E-state index contributed by atoms with van der Waals surface area (Å²) in [6.07, 6.45) is 21.4. The molecule has 0 rings (SSSR count). The zero-order valence-corrected chi connectivity index (χ0v) is 14.9. The molecule has 0 aliphatic rings. The Bertz CT molecular complexity index is 321. The van der Waals surface area contributed by atoms with Crippen molar-refractivity contribution < 1.29 is 15.0 Å². The molecule has 3 nitrogen and oxygen atoms in total. The summed E-state index contributed by atoms with van der Waals surface area (Å²) in [5.74, 6) is -0.681. The lowest BCUT2D eigenvalue weighted by Crippen LogP contribution is -2.00. The number of hydrogen-bond donors (Lipinski definition) is 2. The average Bonchev–Trinajstić information content (AvgIpc) is 2.51. The average molecular weight is 325 g/mol. The van der Waals surface area contributed by atoms with Gasteiger partial charge in [0.1, 0.15) is 0 Å². The molecule has 2 N–H and O–H groups in total. The predicted molar refractivity (Wildman–Crippen MR) is 97.6 cm³/mol. The number of aliphatic hydroxyl groups excluding tert-OH is 1. The molecule has 0 aromatic heterocycles. The first-order valence-corrected chi connectivity index (χ1v) is 9.40. The number of carbonyl (C=O) groups is 1. The van der Waals surface area contributed by atoms with Gasteiger partial charge in [0.05, 0.1) is 6.10 Å². The lowest BCUT2D eigenvalue weighted by Gasteiger charge is -2.03. The van der Waals surface area contributed by atoms with Crippen LogP contribution in [0.25, 0.3) is 0 Å². The van der Waals surface area contributed by atoms with E-state index in [0.29, 0.717) is 6.42 Å². The third-order valence-corrected chi connectivity index (χ3v) is 3.95. The number of carboxylic acid groups (broad SMARTS) is 1. The number of unbranched alkanes of at least 4 members (excludes halogenated alkanes) is 9. The highest BCUT2D eigenvalue weighted by atomic mass is 16.4. The highest BCUT2D eigenvalue weighted by molar-refractivity contribution is 5.66. The van der Waals surface area contributed by atoms with E-state index in [0.717, 1.165) is 38.5 Å². The first-order valence-electron chi connectivity index (χ1n) is 9.40. The van der Waals surface area contributed by atoms with Crippen LogP contribution in [0, 0.1) is 0 Å². The van der Waals surface area contributed by atoms with E-state index in [4.69, 9.17) is 5.11 Å². The minimum Gasteiger partial charge on any atom is -0.481 e. The third-order valence-electron chi connectivity index (χ3n) is 3.95. The Kier molecular flexibility index (Phi) is 16.4. The van der Waals surface area contributed by atoms with Crippen LogP contribution in [0.15, 0.2) is 24.3 Å². The molecule has 0 amide bonds. The van der Waals surface area contributed by atoms with Crippen LogP contribution in [0.1, 0.15) is 90.4 Å². The van der Waals surface area contributed by atoms with E-state index in [1.165, 1.54) is 38.5 Å². The molecular weight excluding hydrogens is 288 g/mol. The van der Waals surface area contributed by atoms with Gasteiger partial charge in [-0.25, -0.2) is 0 Å². The molecule has 3 heteroatoms. The summed E-state index contributed by atoms with van der Waals surface area (Å²) in [6, 6.07) is 0. The van der Waals surface area contributed by atoms with Gasteiger partial charge in [0.15, 0.2) is 0 Å². The van der Waals surface area contributed by atoms with E-state index < -0.39 is 5.97 Å². The van der Waals surface area contributed by atoms with Crippen molar-refractivity contribution in [3.05, 3.63) is 24.3 Å². The molecule has 0 unspecified atom stereocenters. The van der Waals surface area contributed by atoms with Gasteiger partial charge in [-0.05, 0) is 25.7 Å². The number of aliphatic hydroxyl groups is 1. The fraction of sp³-hybridized carbons (Fsp3) is 0.750. The van der Waals surface area contributed by atoms with E-state index in [-0.39, 0.29) is 6.10 Å². The fourth-order valence-electron chi connectivity index (χ4n) is 2.49. The zero-order chi connectivity index (χ0) is 17.2. The van der Waals surface area contributed by atoms with Crippen LogP contribution >= 0.6 is 0 Å². The molecule has 0 bridgehead atoms. The Morgan fingerprint density at radius 1 is 0.913 bits per heavy atom. The number of hydrogen-bond acceptors (Lipinski definition) is 2. The fourth-order valence-corrected chi connectivity index (χ4v) is 2.49. The third kappa shape index (κ3) is 18.9. The van der Waals surface area contributed by atoms with Crippen molar-refractivity contribution in [2.45, 2.75) is 96.5 Å². The highest BCUT2D eigenvalue weighted by Crippen LogP contribution is 2.10. The normalized spacial score (nSPS) is 13.1. The molecule has 0 aliphatic carbocycles. The molecule has 1 atom stereocenters. The van der Waals surface area contributed by atoms with E-state index in [1.807, 2.05) is 18.2 Å². The summed E-state index contributed by atoms with van der Waals surface area (Å²) < 4.78 is 0. The van der Waals surface area contributed by atoms with Crippen molar-refractivity contribution in [3.8, 4) is 0 Å². The van der Waals surface area contributed by atoms with E-state index in [1.54, 1.807) is 0 Å². The Morgan fingerprint density at radius 3 is 2.22 bits per heavy atom. The predicted octanol–water partition coefficient (Wildman–Crippen LogP) is 5.64. The summed E-state index contributed by atoms with van der Waals surface area (Å²) in [7, 11) is 0. The summed E-state index contributed by atoms with van der Waals surface area (Å²) in [5, 5.41) is 18.2. The van der Waals surface area contributed by atoms with Crippen LogP contribution in [0.4, 0.5) is 0 Å². The Labute approximate surface area is 142 Å². The van der Waals surface area contributed by atoms with Crippen LogP contribution in [0.3, 0.4) is 0 Å². The SMILES string of the molecule is CCCCC[C@H](O)/C=C/C=C\CCCCCCCCCC(=O)O. The number of allylic oxidation sites excluding steroid dienone is 3. The maximum Gasteiger partial charge on any atom is 0.303 e. The summed E-state index contributed by atoms with van der Waals surface area (Å²) in [5.41, 5.74) is 0. The van der Waals surface area contributed by atoms with Gasteiger partial charge in [-0.1, -0.05) is 82.6 Å². The monoisotopic (exact) mass is 324 g/mol. The summed E-state index contributed by atoms with van der Waals surface area (Å²) >= 11 is 0. The number of aliphatic carboxylic acids is 1. The molecule has 134 valence electrons. The number of rotatable bonds is 16. The van der Waals surface area contributed by atoms with Crippen LogP contribution in [-0.4, -0.2) is 22.3 Å². The van der Waals surface area contributed by atoms with E-state index in [9.17, 15) is 9.90 Å². The van der Waals surface area contributed by atoms with E-state index in [2.05, 4.69) is 13.0 Å². The second-order valence-corrected chi connectivity index (χ2v) is 6.28. The Balaban J connectivity index is 3.32. The topological polar surface area (TPSA) is 57.5 Å². The largest absolute Gasteiger partial charge is 0.481 e. The van der Waals surface area contributed by atoms with Gasteiger partial charge in [-0.15, -0.1) is 0 Å². The van der Waals surface area contributed by atoms with Crippen molar-refractivity contribution in [3.63, 3.8) is 0 Å². The van der Waals surface area contributed by atoms with Crippen molar-refractivity contribution in [1.29, 1.82) is 0 Å². The van der Waals surface area contributed by atoms with Crippen LogP contribution in [0.2, 0.25) is 0 Å². The lowest BCUT2D eigenvalue weighted by molar-refractivity contribution is -0.137. The van der Waals surface area contributed by atoms with Crippen molar-refractivity contribution in [2.75, 3.05) is 0 Å². The lowest BCUT2D eigenvalue weighted by atomic mass is 10.1. The summed E-state index contributed by atoms with van der Waals surface area (Å²) in [4.78, 5) is 10.4. The van der Waals surface area contributed by atoms with Crippen molar-refractivity contribution >= 4 is 5.97 Å². The molecule has 23 heavy (non-hydrogen) atoms. The quantitative estimate of drug-likeness (QED) is 0.285. The molecular formula is C20H36O3. The van der Waals surface area contributed by atoms with Crippen molar-refractivity contribution in [1.82, 2.24) is 0 Å².